The molecule has 3 aromatic rings. The van der Waals surface area contributed by atoms with E-state index in [4.69, 9.17) is 5.11 Å². The lowest BCUT2D eigenvalue weighted by molar-refractivity contribution is 0.0697. The maximum Gasteiger partial charge on any atom is 0.335 e. The fourth-order valence-corrected chi connectivity index (χ4v) is 2.40. The molecule has 2 aromatic carbocycles. The summed E-state index contributed by atoms with van der Waals surface area (Å²) < 4.78 is 1.90. The molecule has 0 radical (unpaired) electrons. The van der Waals surface area contributed by atoms with Gasteiger partial charge in [0.25, 0.3) is 0 Å². The molecule has 100 valence electrons. The third kappa shape index (κ3) is 1.91. The molecule has 20 heavy (non-hydrogen) atoms. The van der Waals surface area contributed by atoms with Crippen molar-refractivity contribution in [2.75, 3.05) is 12.5 Å². The molecule has 4 heteroatoms. The second-order valence-electron chi connectivity index (χ2n) is 4.53. The topological polar surface area (TPSA) is 54.3 Å². The molecule has 0 saturated heterocycles. The molecule has 1 heterocycles. The van der Waals surface area contributed by atoms with Crippen molar-refractivity contribution in [3.8, 4) is 11.3 Å². The SMILES string of the molecule is CNn1c(-c2ccccc2)cc2ccc(C(=O)O)cc21. The minimum Gasteiger partial charge on any atom is -0.478 e. The number of aromatic carboxylic acids is 1. The summed E-state index contributed by atoms with van der Waals surface area (Å²) in [5.74, 6) is -0.919. The molecular weight excluding hydrogens is 252 g/mol. The van der Waals surface area contributed by atoms with Crippen LogP contribution in [0.25, 0.3) is 22.2 Å². The summed E-state index contributed by atoms with van der Waals surface area (Å²) in [6, 6.07) is 17.2. The van der Waals surface area contributed by atoms with Crippen LogP contribution in [-0.2, 0) is 0 Å². The molecule has 0 amide bonds. The molecule has 4 nitrogen and oxygen atoms in total. The van der Waals surface area contributed by atoms with Gasteiger partial charge in [0.15, 0.2) is 0 Å². The van der Waals surface area contributed by atoms with E-state index in [1.165, 1.54) is 0 Å². The van der Waals surface area contributed by atoms with E-state index in [-0.39, 0.29) is 5.56 Å². The molecule has 0 bridgehead atoms. The molecule has 0 aliphatic rings. The van der Waals surface area contributed by atoms with E-state index in [0.717, 1.165) is 22.2 Å². The van der Waals surface area contributed by atoms with Crippen molar-refractivity contribution >= 4 is 16.9 Å². The van der Waals surface area contributed by atoms with Crippen molar-refractivity contribution in [3.05, 3.63) is 60.2 Å². The molecule has 0 aliphatic heterocycles. The van der Waals surface area contributed by atoms with E-state index >= 15 is 0 Å². The molecule has 0 fully saturated rings. The van der Waals surface area contributed by atoms with Gasteiger partial charge in [0.2, 0.25) is 0 Å². The highest BCUT2D eigenvalue weighted by atomic mass is 16.4. The number of carbonyl (C=O) groups is 1. The number of aromatic nitrogens is 1. The van der Waals surface area contributed by atoms with Crippen LogP contribution in [-0.4, -0.2) is 22.8 Å². The first kappa shape index (κ1) is 12.3. The lowest BCUT2D eigenvalue weighted by Crippen LogP contribution is -2.10. The first-order valence-corrected chi connectivity index (χ1v) is 6.32. The van der Waals surface area contributed by atoms with Gasteiger partial charge in [0.05, 0.1) is 16.8 Å². The van der Waals surface area contributed by atoms with Crippen LogP contribution in [0.4, 0.5) is 0 Å². The van der Waals surface area contributed by atoms with Crippen molar-refractivity contribution in [3.63, 3.8) is 0 Å². The number of hydrogen-bond acceptors (Lipinski definition) is 2. The van der Waals surface area contributed by atoms with Crippen LogP contribution in [0.3, 0.4) is 0 Å². The van der Waals surface area contributed by atoms with Gasteiger partial charge in [-0.3, -0.25) is 4.68 Å². The number of nitrogens with zero attached hydrogens (tertiary/aromatic N) is 1. The second kappa shape index (κ2) is 4.74. The Balaban J connectivity index is 2.27. The van der Waals surface area contributed by atoms with Gasteiger partial charge in [-0.25, -0.2) is 4.79 Å². The van der Waals surface area contributed by atoms with Crippen molar-refractivity contribution in [1.29, 1.82) is 0 Å². The molecule has 1 aromatic heterocycles. The number of carboxylic acids is 1. The van der Waals surface area contributed by atoms with Crippen LogP contribution in [0.2, 0.25) is 0 Å². The van der Waals surface area contributed by atoms with Gasteiger partial charge < -0.3 is 10.5 Å². The predicted octanol–water partition coefficient (Wildman–Crippen LogP) is 3.18. The average Bonchev–Trinajstić information content (AvgIpc) is 2.85. The van der Waals surface area contributed by atoms with E-state index in [1.807, 2.05) is 54.2 Å². The molecule has 0 aliphatic carbocycles. The zero-order valence-corrected chi connectivity index (χ0v) is 11.0. The number of carboxylic acid groups (broad SMARTS) is 1. The van der Waals surface area contributed by atoms with Gasteiger partial charge in [-0.2, -0.15) is 0 Å². The highest BCUT2D eigenvalue weighted by Gasteiger charge is 2.12. The number of hydrogen-bond donors (Lipinski definition) is 2. The summed E-state index contributed by atoms with van der Waals surface area (Å²) >= 11 is 0. The highest BCUT2D eigenvalue weighted by Crippen LogP contribution is 2.27. The van der Waals surface area contributed by atoms with Crippen LogP contribution >= 0.6 is 0 Å². The third-order valence-electron chi connectivity index (χ3n) is 3.34. The number of nitrogens with one attached hydrogen (secondary N) is 1. The molecular formula is C16H14N2O2. The van der Waals surface area contributed by atoms with Crippen LogP contribution in [0.15, 0.2) is 54.6 Å². The molecule has 0 saturated carbocycles. The largest absolute Gasteiger partial charge is 0.478 e. The Labute approximate surface area is 116 Å². The molecule has 3 rings (SSSR count). The van der Waals surface area contributed by atoms with Gasteiger partial charge in [-0.05, 0) is 18.2 Å². The Kier molecular flexibility index (Phi) is 2.91. The Morgan fingerprint density at radius 3 is 2.50 bits per heavy atom. The minimum absolute atomic E-state index is 0.284. The van der Waals surface area contributed by atoms with Crippen LogP contribution in [0, 0.1) is 0 Å². The summed E-state index contributed by atoms with van der Waals surface area (Å²) in [5, 5.41) is 10.1. The minimum atomic E-state index is -0.919. The van der Waals surface area contributed by atoms with Gasteiger partial charge in [0.1, 0.15) is 0 Å². The smallest absolute Gasteiger partial charge is 0.335 e. The summed E-state index contributed by atoms with van der Waals surface area (Å²) in [6.07, 6.45) is 0. The van der Waals surface area contributed by atoms with E-state index < -0.39 is 5.97 Å². The Bertz CT molecular complexity index is 776. The van der Waals surface area contributed by atoms with E-state index in [2.05, 4.69) is 5.43 Å². The fourth-order valence-electron chi connectivity index (χ4n) is 2.40. The molecule has 0 unspecified atom stereocenters. The van der Waals surface area contributed by atoms with E-state index in [0.29, 0.717) is 0 Å². The summed E-state index contributed by atoms with van der Waals surface area (Å²) in [4.78, 5) is 11.1. The monoisotopic (exact) mass is 266 g/mol. The lowest BCUT2D eigenvalue weighted by Gasteiger charge is -2.09. The van der Waals surface area contributed by atoms with Crippen LogP contribution in [0.5, 0.6) is 0 Å². The van der Waals surface area contributed by atoms with Crippen LogP contribution in [0.1, 0.15) is 10.4 Å². The summed E-state index contributed by atoms with van der Waals surface area (Å²) in [5.41, 5.74) is 6.33. The van der Waals surface area contributed by atoms with Crippen molar-refractivity contribution in [2.24, 2.45) is 0 Å². The maximum absolute atomic E-state index is 11.1. The number of fused-ring (bicyclic) bond motifs is 1. The summed E-state index contributed by atoms with van der Waals surface area (Å²) in [7, 11) is 1.82. The zero-order valence-electron chi connectivity index (χ0n) is 11.0. The first-order valence-electron chi connectivity index (χ1n) is 6.32. The Hall–Kier alpha value is -2.75. The van der Waals surface area contributed by atoms with Gasteiger partial charge in [-0.1, -0.05) is 36.4 Å². The number of rotatable bonds is 3. The quantitative estimate of drug-likeness (QED) is 0.765. The van der Waals surface area contributed by atoms with E-state index in [9.17, 15) is 4.79 Å². The first-order chi connectivity index (χ1) is 9.70. The van der Waals surface area contributed by atoms with E-state index in [1.54, 1.807) is 12.1 Å². The highest BCUT2D eigenvalue weighted by molar-refractivity contribution is 5.95. The van der Waals surface area contributed by atoms with Crippen LogP contribution < -0.4 is 5.43 Å². The average molecular weight is 266 g/mol. The van der Waals surface area contributed by atoms with Gasteiger partial charge >= 0.3 is 5.97 Å². The standard InChI is InChI=1S/C16H14N2O2/c1-17-18-14(11-5-3-2-4-6-11)9-12-7-8-13(16(19)20)10-15(12)18/h2-10,17H,1H3,(H,19,20). The van der Waals surface area contributed by atoms with Gasteiger partial charge in [-0.15, -0.1) is 0 Å². The fraction of sp³-hybridized carbons (Fsp3) is 0.0625. The Morgan fingerprint density at radius 2 is 1.85 bits per heavy atom. The second-order valence-corrected chi connectivity index (χ2v) is 4.53. The van der Waals surface area contributed by atoms with Crippen molar-refractivity contribution < 1.29 is 9.90 Å². The Morgan fingerprint density at radius 1 is 1.10 bits per heavy atom. The normalized spacial score (nSPS) is 10.7. The lowest BCUT2D eigenvalue weighted by atomic mass is 10.1. The van der Waals surface area contributed by atoms with Crippen molar-refractivity contribution in [2.45, 2.75) is 0 Å². The van der Waals surface area contributed by atoms with Crippen molar-refractivity contribution in [1.82, 2.24) is 4.68 Å². The molecule has 0 atom stereocenters. The maximum atomic E-state index is 11.1. The molecule has 2 N–H and O–H groups in total. The zero-order chi connectivity index (χ0) is 14.1. The van der Waals surface area contributed by atoms with Gasteiger partial charge in [0, 0.05) is 18.0 Å². The molecule has 0 spiro atoms. The predicted molar refractivity (Wildman–Crippen MR) is 79.6 cm³/mol. The number of benzene rings is 2. The summed E-state index contributed by atoms with van der Waals surface area (Å²) in [6.45, 7) is 0. The third-order valence-corrected chi connectivity index (χ3v) is 3.34.